The number of hydrogen-bond acceptors (Lipinski definition) is 4. The van der Waals surface area contributed by atoms with E-state index in [0.717, 1.165) is 10.9 Å². The van der Waals surface area contributed by atoms with Crippen LogP contribution < -0.4 is 21.3 Å². The SMILES string of the molecule is N=C(N)NCCOc1ccc2cc(CC(=O)O)c(=O)n(Cc3ccccc3)c2c1. The third kappa shape index (κ3) is 5.13. The largest absolute Gasteiger partial charge is 0.492 e. The number of ether oxygens (including phenoxy) is 1. The number of fused-ring (bicyclic) bond motifs is 1. The van der Waals surface area contributed by atoms with Gasteiger partial charge in [0.2, 0.25) is 0 Å². The van der Waals surface area contributed by atoms with Crippen molar-refractivity contribution >= 4 is 22.8 Å². The van der Waals surface area contributed by atoms with Gasteiger partial charge in [-0.3, -0.25) is 15.0 Å². The zero-order valence-electron chi connectivity index (χ0n) is 15.7. The van der Waals surface area contributed by atoms with Gasteiger partial charge in [0, 0.05) is 11.6 Å². The Hall–Kier alpha value is -3.81. The first-order valence-corrected chi connectivity index (χ1v) is 9.07. The minimum atomic E-state index is -1.05. The summed E-state index contributed by atoms with van der Waals surface area (Å²) in [6.07, 6.45) is -0.335. The molecule has 0 saturated heterocycles. The van der Waals surface area contributed by atoms with Gasteiger partial charge < -0.3 is 25.5 Å². The number of aliphatic carboxylic acids is 1. The third-order valence-corrected chi connectivity index (χ3v) is 4.35. The van der Waals surface area contributed by atoms with E-state index < -0.39 is 5.97 Å². The van der Waals surface area contributed by atoms with Gasteiger partial charge in [0.05, 0.1) is 25.0 Å². The molecule has 150 valence electrons. The van der Waals surface area contributed by atoms with Gasteiger partial charge in [-0.1, -0.05) is 30.3 Å². The summed E-state index contributed by atoms with van der Waals surface area (Å²) >= 11 is 0. The van der Waals surface area contributed by atoms with Crippen LogP contribution in [0.4, 0.5) is 0 Å². The van der Waals surface area contributed by atoms with Crippen molar-refractivity contribution in [3.05, 3.63) is 76.1 Å². The molecule has 0 aliphatic carbocycles. The molecule has 3 aromatic rings. The van der Waals surface area contributed by atoms with Crippen LogP contribution in [0.1, 0.15) is 11.1 Å². The molecule has 0 aliphatic rings. The number of aromatic nitrogens is 1. The van der Waals surface area contributed by atoms with E-state index in [1.54, 1.807) is 28.8 Å². The lowest BCUT2D eigenvalue weighted by molar-refractivity contribution is -0.136. The van der Waals surface area contributed by atoms with Gasteiger partial charge in [-0.05, 0) is 29.1 Å². The molecule has 0 aliphatic heterocycles. The molecule has 0 amide bonds. The second kappa shape index (κ2) is 8.92. The molecular weight excluding hydrogens is 372 g/mol. The number of pyridine rings is 1. The summed E-state index contributed by atoms with van der Waals surface area (Å²) in [5.74, 6) is -0.615. The predicted molar refractivity (Wildman–Crippen MR) is 111 cm³/mol. The third-order valence-electron chi connectivity index (χ3n) is 4.35. The van der Waals surface area contributed by atoms with Gasteiger partial charge in [0.15, 0.2) is 5.96 Å². The van der Waals surface area contributed by atoms with Gasteiger partial charge in [0.1, 0.15) is 12.4 Å². The van der Waals surface area contributed by atoms with Gasteiger partial charge in [0.25, 0.3) is 5.56 Å². The molecule has 0 radical (unpaired) electrons. The van der Waals surface area contributed by atoms with Gasteiger partial charge in [-0.2, -0.15) is 0 Å². The number of carboxylic acids is 1. The lowest BCUT2D eigenvalue weighted by Crippen LogP contribution is -2.33. The van der Waals surface area contributed by atoms with Crippen LogP contribution in [-0.2, 0) is 17.8 Å². The highest BCUT2D eigenvalue weighted by Crippen LogP contribution is 2.22. The van der Waals surface area contributed by atoms with Crippen molar-refractivity contribution in [2.45, 2.75) is 13.0 Å². The van der Waals surface area contributed by atoms with E-state index in [1.165, 1.54) is 0 Å². The van der Waals surface area contributed by atoms with Gasteiger partial charge >= 0.3 is 5.97 Å². The summed E-state index contributed by atoms with van der Waals surface area (Å²) in [5.41, 5.74) is 6.73. The van der Waals surface area contributed by atoms with Crippen molar-refractivity contribution in [3.63, 3.8) is 0 Å². The summed E-state index contributed by atoms with van der Waals surface area (Å²) < 4.78 is 7.25. The fourth-order valence-electron chi connectivity index (χ4n) is 3.07. The summed E-state index contributed by atoms with van der Waals surface area (Å²) in [5, 5.41) is 19.7. The maximum atomic E-state index is 13.0. The smallest absolute Gasteiger partial charge is 0.308 e. The summed E-state index contributed by atoms with van der Waals surface area (Å²) in [6.45, 7) is 0.992. The number of rotatable bonds is 8. The number of hydrogen-bond donors (Lipinski definition) is 4. The van der Waals surface area contributed by atoms with Gasteiger partial charge in [-0.25, -0.2) is 0 Å². The van der Waals surface area contributed by atoms with Crippen molar-refractivity contribution in [1.29, 1.82) is 5.41 Å². The van der Waals surface area contributed by atoms with E-state index in [4.69, 9.17) is 21.0 Å². The number of nitrogens with zero attached hydrogens (tertiary/aromatic N) is 1. The number of benzene rings is 2. The minimum Gasteiger partial charge on any atom is -0.492 e. The lowest BCUT2D eigenvalue weighted by atomic mass is 10.1. The van der Waals surface area contributed by atoms with Crippen molar-refractivity contribution < 1.29 is 14.6 Å². The maximum Gasteiger partial charge on any atom is 0.308 e. The molecule has 1 heterocycles. The van der Waals surface area contributed by atoms with Crippen LogP contribution in [0.25, 0.3) is 10.9 Å². The lowest BCUT2D eigenvalue weighted by Gasteiger charge is -2.14. The average Bonchev–Trinajstić information content (AvgIpc) is 2.69. The van der Waals surface area contributed by atoms with E-state index >= 15 is 0 Å². The van der Waals surface area contributed by atoms with Gasteiger partial charge in [-0.15, -0.1) is 0 Å². The molecule has 1 aromatic heterocycles. The number of nitrogens with one attached hydrogen (secondary N) is 2. The average molecular weight is 394 g/mol. The molecule has 5 N–H and O–H groups in total. The van der Waals surface area contributed by atoms with Crippen LogP contribution in [0, 0.1) is 5.41 Å². The quantitative estimate of drug-likeness (QED) is 0.260. The highest BCUT2D eigenvalue weighted by Gasteiger charge is 2.13. The Labute approximate surface area is 167 Å². The predicted octanol–water partition coefficient (Wildman–Crippen LogP) is 1.54. The summed E-state index contributed by atoms with van der Waals surface area (Å²) in [6, 6.07) is 16.4. The van der Waals surface area contributed by atoms with E-state index in [0.29, 0.717) is 31.0 Å². The van der Waals surface area contributed by atoms with Crippen molar-refractivity contribution in [2.75, 3.05) is 13.2 Å². The minimum absolute atomic E-state index is 0.130. The molecule has 29 heavy (non-hydrogen) atoms. The molecule has 0 fully saturated rings. The molecule has 0 saturated carbocycles. The molecule has 8 nitrogen and oxygen atoms in total. The number of guanidine groups is 1. The Morgan fingerprint density at radius 3 is 2.62 bits per heavy atom. The molecule has 3 rings (SSSR count). The van der Waals surface area contributed by atoms with Crippen LogP contribution in [0.5, 0.6) is 5.75 Å². The molecular formula is C21H22N4O4. The topological polar surface area (TPSA) is 130 Å². The monoisotopic (exact) mass is 394 g/mol. The molecule has 0 spiro atoms. The highest BCUT2D eigenvalue weighted by atomic mass is 16.5. The fraction of sp³-hybridized carbons (Fsp3) is 0.190. The molecule has 2 aromatic carbocycles. The Bertz CT molecular complexity index is 1090. The van der Waals surface area contributed by atoms with Crippen LogP contribution in [0.3, 0.4) is 0 Å². The first kappa shape index (κ1) is 19.9. The van der Waals surface area contributed by atoms with E-state index in [1.807, 2.05) is 30.3 Å². The first-order valence-electron chi connectivity index (χ1n) is 9.07. The molecule has 0 bridgehead atoms. The Morgan fingerprint density at radius 2 is 1.93 bits per heavy atom. The second-order valence-corrected chi connectivity index (χ2v) is 6.53. The van der Waals surface area contributed by atoms with E-state index in [-0.39, 0.29) is 23.5 Å². The normalized spacial score (nSPS) is 10.6. The Kier molecular flexibility index (Phi) is 6.13. The first-order chi connectivity index (χ1) is 13.9. The van der Waals surface area contributed by atoms with Crippen LogP contribution in [-0.4, -0.2) is 34.8 Å². The summed E-state index contributed by atoms with van der Waals surface area (Å²) in [4.78, 5) is 24.2. The van der Waals surface area contributed by atoms with Crippen molar-refractivity contribution in [2.24, 2.45) is 5.73 Å². The number of carbonyl (C=O) groups is 1. The zero-order valence-corrected chi connectivity index (χ0v) is 15.7. The standard InChI is InChI=1S/C21H22N4O4/c22-21(23)24-8-9-29-17-7-6-15-10-16(11-19(26)27)20(28)25(18(15)12-17)13-14-4-2-1-3-5-14/h1-7,10,12H,8-9,11,13H2,(H,26,27)(H4,22,23,24). The van der Waals surface area contributed by atoms with Crippen LogP contribution >= 0.6 is 0 Å². The van der Waals surface area contributed by atoms with E-state index in [2.05, 4.69) is 5.32 Å². The number of nitrogens with two attached hydrogens (primary N) is 1. The second-order valence-electron chi connectivity index (χ2n) is 6.53. The van der Waals surface area contributed by atoms with Crippen LogP contribution in [0.2, 0.25) is 0 Å². The van der Waals surface area contributed by atoms with Crippen molar-refractivity contribution in [1.82, 2.24) is 9.88 Å². The van der Waals surface area contributed by atoms with E-state index in [9.17, 15) is 9.59 Å². The van der Waals surface area contributed by atoms with Crippen LogP contribution in [0.15, 0.2) is 59.4 Å². The molecule has 0 atom stereocenters. The number of carboxylic acid groups (broad SMARTS) is 1. The zero-order chi connectivity index (χ0) is 20.8. The maximum absolute atomic E-state index is 13.0. The van der Waals surface area contributed by atoms with Crippen molar-refractivity contribution in [3.8, 4) is 5.75 Å². The Morgan fingerprint density at radius 1 is 1.17 bits per heavy atom. The highest BCUT2D eigenvalue weighted by molar-refractivity contribution is 5.82. The molecule has 0 unspecified atom stereocenters. The molecule has 8 heteroatoms. The Balaban J connectivity index is 2.00. The fourth-order valence-corrected chi connectivity index (χ4v) is 3.07. The summed E-state index contributed by atoms with van der Waals surface area (Å²) in [7, 11) is 0.